The summed E-state index contributed by atoms with van der Waals surface area (Å²) in [6.45, 7) is 5.10. The van der Waals surface area contributed by atoms with Crippen molar-refractivity contribution in [3.8, 4) is 0 Å². The van der Waals surface area contributed by atoms with Crippen LogP contribution >= 0.6 is 0 Å². The van der Waals surface area contributed by atoms with Crippen molar-refractivity contribution >= 4 is 11.9 Å². The number of aliphatic carboxylic acids is 2. The van der Waals surface area contributed by atoms with Gasteiger partial charge in [0.05, 0.1) is 11.8 Å². The Morgan fingerprint density at radius 3 is 2.00 bits per heavy atom. The summed E-state index contributed by atoms with van der Waals surface area (Å²) < 4.78 is 0. The molecule has 0 aromatic carbocycles. The lowest BCUT2D eigenvalue weighted by molar-refractivity contribution is -0.144. The normalized spacial score (nSPS) is 14.2. The van der Waals surface area contributed by atoms with E-state index in [1.807, 2.05) is 0 Å². The van der Waals surface area contributed by atoms with Crippen LogP contribution in [0.4, 0.5) is 0 Å². The molecule has 0 aliphatic heterocycles. The molecule has 0 saturated heterocycles. The van der Waals surface area contributed by atoms with Gasteiger partial charge in [-0.05, 0) is 20.3 Å². The monoisotopic (exact) mass is 200 g/mol. The molecular formula is C10H16O4. The first-order chi connectivity index (χ1) is 6.34. The lowest BCUT2D eigenvalue weighted by Crippen LogP contribution is -2.19. The van der Waals surface area contributed by atoms with Gasteiger partial charge in [-0.25, -0.2) is 0 Å². The third-order valence-electron chi connectivity index (χ3n) is 1.88. The van der Waals surface area contributed by atoms with Crippen LogP contribution in [-0.2, 0) is 9.59 Å². The fourth-order valence-electron chi connectivity index (χ4n) is 1.12. The van der Waals surface area contributed by atoms with Crippen LogP contribution in [0.3, 0.4) is 0 Å². The van der Waals surface area contributed by atoms with Crippen molar-refractivity contribution in [2.75, 3.05) is 0 Å². The molecule has 2 N–H and O–H groups in total. The van der Waals surface area contributed by atoms with E-state index in [1.54, 1.807) is 19.9 Å². The van der Waals surface area contributed by atoms with Crippen molar-refractivity contribution in [2.24, 2.45) is 11.8 Å². The smallest absolute Gasteiger partial charge is 0.310 e. The Morgan fingerprint density at radius 1 is 1.21 bits per heavy atom. The maximum Gasteiger partial charge on any atom is 0.310 e. The van der Waals surface area contributed by atoms with Gasteiger partial charge in [0.25, 0.3) is 0 Å². The average molecular weight is 200 g/mol. The molecule has 0 aliphatic rings. The summed E-state index contributed by atoms with van der Waals surface area (Å²) in [5, 5.41) is 17.4. The van der Waals surface area contributed by atoms with Gasteiger partial charge in [0.15, 0.2) is 0 Å². The highest BCUT2D eigenvalue weighted by Crippen LogP contribution is 2.15. The van der Waals surface area contributed by atoms with Gasteiger partial charge < -0.3 is 10.2 Å². The van der Waals surface area contributed by atoms with Crippen LogP contribution in [0.5, 0.6) is 0 Å². The highest BCUT2D eigenvalue weighted by molar-refractivity contribution is 5.75. The van der Waals surface area contributed by atoms with Crippen molar-refractivity contribution in [1.82, 2.24) is 0 Å². The van der Waals surface area contributed by atoms with Gasteiger partial charge in [-0.1, -0.05) is 18.6 Å². The molecule has 0 radical (unpaired) electrons. The van der Waals surface area contributed by atoms with Gasteiger partial charge in [-0.3, -0.25) is 9.59 Å². The molecule has 0 saturated carbocycles. The molecule has 0 bridgehead atoms. The maximum absolute atomic E-state index is 10.8. The molecule has 80 valence electrons. The summed E-state index contributed by atoms with van der Waals surface area (Å²) in [6.07, 6.45) is 1.72. The predicted octanol–water partition coefficient (Wildman–Crippen LogP) is 1.76. The number of carboxylic acids is 2. The topological polar surface area (TPSA) is 74.6 Å². The second kappa shape index (κ2) is 5.42. The Hall–Kier alpha value is -1.32. The second-order valence-corrected chi connectivity index (χ2v) is 3.66. The lowest BCUT2D eigenvalue weighted by atomic mass is 9.94. The third kappa shape index (κ3) is 4.64. The van der Waals surface area contributed by atoms with E-state index >= 15 is 0 Å². The molecule has 0 spiro atoms. The molecule has 4 heteroatoms. The van der Waals surface area contributed by atoms with E-state index < -0.39 is 23.8 Å². The third-order valence-corrected chi connectivity index (χ3v) is 1.88. The van der Waals surface area contributed by atoms with E-state index in [-0.39, 0.29) is 6.42 Å². The molecule has 14 heavy (non-hydrogen) atoms. The molecule has 0 aromatic rings. The van der Waals surface area contributed by atoms with Crippen molar-refractivity contribution in [3.05, 3.63) is 11.6 Å². The molecule has 4 nitrogen and oxygen atoms in total. The van der Waals surface area contributed by atoms with Crippen LogP contribution in [-0.4, -0.2) is 22.2 Å². The molecule has 2 atom stereocenters. The highest BCUT2D eigenvalue weighted by Gasteiger charge is 2.21. The molecule has 0 aliphatic carbocycles. The lowest BCUT2D eigenvalue weighted by Gasteiger charge is -2.11. The number of carboxylic acid groups (broad SMARTS) is 2. The van der Waals surface area contributed by atoms with Gasteiger partial charge in [-0.15, -0.1) is 0 Å². The maximum atomic E-state index is 10.8. The Balaban J connectivity index is 4.47. The highest BCUT2D eigenvalue weighted by atomic mass is 16.4. The zero-order valence-electron chi connectivity index (χ0n) is 8.65. The van der Waals surface area contributed by atoms with Crippen LogP contribution in [0.25, 0.3) is 0 Å². The SMILES string of the molecule is CC(C)=CC(CC(C)C(=O)O)C(=O)O. The van der Waals surface area contributed by atoms with Crippen LogP contribution in [0.1, 0.15) is 27.2 Å². The average Bonchev–Trinajstić information content (AvgIpc) is 2.01. The van der Waals surface area contributed by atoms with Gasteiger partial charge in [0.1, 0.15) is 0 Å². The molecule has 0 heterocycles. The molecular weight excluding hydrogens is 184 g/mol. The van der Waals surface area contributed by atoms with Crippen molar-refractivity contribution in [3.63, 3.8) is 0 Å². The molecule has 0 aromatic heterocycles. The second-order valence-electron chi connectivity index (χ2n) is 3.66. The first-order valence-corrected chi connectivity index (χ1v) is 4.45. The Morgan fingerprint density at radius 2 is 1.71 bits per heavy atom. The first-order valence-electron chi connectivity index (χ1n) is 4.45. The van der Waals surface area contributed by atoms with Crippen molar-refractivity contribution < 1.29 is 19.8 Å². The van der Waals surface area contributed by atoms with E-state index in [9.17, 15) is 9.59 Å². The minimum atomic E-state index is -0.973. The Bertz CT molecular complexity index is 251. The summed E-state index contributed by atoms with van der Waals surface area (Å²) >= 11 is 0. The Labute approximate surface area is 83.2 Å². The van der Waals surface area contributed by atoms with Crippen LogP contribution < -0.4 is 0 Å². The van der Waals surface area contributed by atoms with E-state index in [2.05, 4.69) is 0 Å². The van der Waals surface area contributed by atoms with Crippen molar-refractivity contribution in [2.45, 2.75) is 27.2 Å². The fourth-order valence-corrected chi connectivity index (χ4v) is 1.12. The summed E-state index contributed by atoms with van der Waals surface area (Å²) in [4.78, 5) is 21.3. The molecule has 0 amide bonds. The van der Waals surface area contributed by atoms with Crippen molar-refractivity contribution in [1.29, 1.82) is 0 Å². The summed E-state index contributed by atoms with van der Waals surface area (Å²) in [6, 6.07) is 0. The predicted molar refractivity (Wildman–Crippen MR) is 52.0 cm³/mol. The number of hydrogen-bond acceptors (Lipinski definition) is 2. The molecule has 0 fully saturated rings. The summed E-state index contributed by atoms with van der Waals surface area (Å²) in [5.41, 5.74) is 0.884. The van der Waals surface area contributed by atoms with Gasteiger partial charge in [0.2, 0.25) is 0 Å². The zero-order chi connectivity index (χ0) is 11.3. The number of rotatable bonds is 5. The fraction of sp³-hybridized carbons (Fsp3) is 0.600. The van der Waals surface area contributed by atoms with Gasteiger partial charge >= 0.3 is 11.9 Å². The van der Waals surface area contributed by atoms with Gasteiger partial charge in [0, 0.05) is 0 Å². The van der Waals surface area contributed by atoms with Crippen LogP contribution in [0.2, 0.25) is 0 Å². The summed E-state index contributed by atoms with van der Waals surface area (Å²) in [5.74, 6) is -3.27. The minimum Gasteiger partial charge on any atom is -0.481 e. The number of carbonyl (C=O) groups is 2. The minimum absolute atomic E-state index is 0.135. The number of hydrogen-bond donors (Lipinski definition) is 2. The Kier molecular flexibility index (Phi) is 4.91. The van der Waals surface area contributed by atoms with E-state index in [0.29, 0.717) is 0 Å². The molecule has 2 unspecified atom stereocenters. The molecule has 0 rings (SSSR count). The van der Waals surface area contributed by atoms with Gasteiger partial charge in [-0.2, -0.15) is 0 Å². The van der Waals surface area contributed by atoms with Crippen LogP contribution in [0.15, 0.2) is 11.6 Å². The van der Waals surface area contributed by atoms with E-state index in [4.69, 9.17) is 10.2 Å². The standard InChI is InChI=1S/C10H16O4/c1-6(2)4-8(10(13)14)5-7(3)9(11)12/h4,7-8H,5H2,1-3H3,(H,11,12)(H,13,14). The van der Waals surface area contributed by atoms with E-state index in [1.165, 1.54) is 6.92 Å². The summed E-state index contributed by atoms with van der Waals surface area (Å²) in [7, 11) is 0. The largest absolute Gasteiger partial charge is 0.481 e. The first kappa shape index (κ1) is 12.7. The zero-order valence-corrected chi connectivity index (χ0v) is 8.65. The van der Waals surface area contributed by atoms with Crippen LogP contribution in [0, 0.1) is 11.8 Å². The number of allylic oxidation sites excluding steroid dienone is 1. The van der Waals surface area contributed by atoms with E-state index in [0.717, 1.165) is 5.57 Å². The quantitative estimate of drug-likeness (QED) is 0.663.